The number of fused-ring (bicyclic) bond motifs is 1. The van der Waals surface area contributed by atoms with E-state index in [4.69, 9.17) is 19.0 Å². The lowest BCUT2D eigenvalue weighted by Crippen LogP contribution is -2.50. The number of ether oxygens (including phenoxy) is 3. The number of hydroxylamine groups is 2. The van der Waals surface area contributed by atoms with Crippen LogP contribution in [0.2, 0.25) is 0 Å². The molecule has 3 aromatic carbocycles. The number of nitrogens with zero attached hydrogens (tertiary/aromatic N) is 2. The van der Waals surface area contributed by atoms with Crippen molar-refractivity contribution in [1.82, 2.24) is 5.06 Å². The molecule has 0 spiro atoms. The van der Waals surface area contributed by atoms with Crippen molar-refractivity contribution in [3.05, 3.63) is 96.1 Å². The van der Waals surface area contributed by atoms with Crippen molar-refractivity contribution >= 4 is 11.8 Å². The number of piperazine rings is 1. The molecule has 0 saturated carbocycles. The minimum atomic E-state index is -0.630. The Morgan fingerprint density at radius 3 is 2.18 bits per heavy atom. The van der Waals surface area contributed by atoms with Crippen molar-refractivity contribution < 1.29 is 23.8 Å². The zero-order chi connectivity index (χ0) is 22.5. The quantitative estimate of drug-likeness (QED) is 0.375. The Labute approximate surface area is 193 Å². The average Bonchev–Trinajstić information content (AvgIpc) is 3.25. The van der Waals surface area contributed by atoms with Crippen molar-refractivity contribution in [2.75, 3.05) is 37.7 Å². The first-order chi connectivity index (χ1) is 16.3. The molecular weight excluding hydrogens is 420 g/mol. The summed E-state index contributed by atoms with van der Waals surface area (Å²) in [6.45, 7) is 2.84. The molecule has 3 aromatic rings. The largest absolute Gasteiger partial charge is 0.529 e. The van der Waals surface area contributed by atoms with E-state index in [0.717, 1.165) is 29.1 Å². The molecule has 2 saturated heterocycles. The predicted octanol–water partition coefficient (Wildman–Crippen LogP) is 4.40. The molecule has 1 unspecified atom stereocenters. The molecule has 0 aliphatic carbocycles. The number of rotatable bonds is 8. The number of carbonyl (C=O) groups is 1. The van der Waals surface area contributed by atoms with Gasteiger partial charge in [-0.3, -0.25) is 0 Å². The van der Waals surface area contributed by atoms with Gasteiger partial charge in [0.2, 0.25) is 6.23 Å². The number of anilines is 1. The van der Waals surface area contributed by atoms with Gasteiger partial charge in [0.25, 0.3) is 0 Å². The standard InChI is InChI=1S/C26H26N2O5/c29-26-32-24-19-27(15-16-28(24)33-26)22-11-13-23(14-12-22)30-17-18-31-25(20-7-3-1-4-8-20)21-9-5-2-6-10-21/h1-14,24-25H,15-19H2. The first-order valence-corrected chi connectivity index (χ1v) is 11.1. The highest BCUT2D eigenvalue weighted by atomic mass is 16.9. The maximum absolute atomic E-state index is 11.3. The van der Waals surface area contributed by atoms with Crippen LogP contribution in [-0.4, -0.2) is 50.3 Å². The Hall–Kier alpha value is -3.55. The fourth-order valence-electron chi connectivity index (χ4n) is 4.12. The van der Waals surface area contributed by atoms with E-state index in [-0.39, 0.29) is 12.3 Å². The first-order valence-electron chi connectivity index (χ1n) is 11.1. The third kappa shape index (κ3) is 5.10. The Balaban J connectivity index is 1.14. The molecule has 2 heterocycles. The van der Waals surface area contributed by atoms with Gasteiger partial charge in [0, 0.05) is 12.2 Å². The number of hydrogen-bond donors (Lipinski definition) is 0. The Bertz CT molecular complexity index is 1010. The second kappa shape index (κ2) is 9.94. The molecule has 170 valence electrons. The molecule has 0 amide bonds. The van der Waals surface area contributed by atoms with Crippen molar-refractivity contribution in [3.8, 4) is 5.75 Å². The van der Waals surface area contributed by atoms with Gasteiger partial charge in [0.15, 0.2) is 0 Å². The molecule has 0 aromatic heterocycles. The molecule has 2 fully saturated rings. The molecule has 5 rings (SSSR count). The topological polar surface area (TPSA) is 60.5 Å². The molecule has 0 radical (unpaired) electrons. The summed E-state index contributed by atoms with van der Waals surface area (Å²) in [5.74, 6) is 0.785. The van der Waals surface area contributed by atoms with Crippen LogP contribution < -0.4 is 9.64 Å². The van der Waals surface area contributed by atoms with Gasteiger partial charge in [0.1, 0.15) is 18.5 Å². The number of carbonyl (C=O) groups excluding carboxylic acids is 1. The molecule has 2 aliphatic rings. The second-order valence-electron chi connectivity index (χ2n) is 7.92. The van der Waals surface area contributed by atoms with E-state index in [1.807, 2.05) is 60.7 Å². The third-order valence-corrected chi connectivity index (χ3v) is 5.76. The average molecular weight is 447 g/mol. The van der Waals surface area contributed by atoms with Gasteiger partial charge in [-0.25, -0.2) is 4.79 Å². The van der Waals surface area contributed by atoms with E-state index >= 15 is 0 Å². The van der Waals surface area contributed by atoms with Crippen LogP contribution in [0.4, 0.5) is 10.5 Å². The van der Waals surface area contributed by atoms with Crippen molar-refractivity contribution in [2.45, 2.75) is 12.3 Å². The highest BCUT2D eigenvalue weighted by Crippen LogP contribution is 2.27. The van der Waals surface area contributed by atoms with Crippen molar-refractivity contribution in [2.24, 2.45) is 0 Å². The minimum Gasteiger partial charge on any atom is -0.491 e. The van der Waals surface area contributed by atoms with Crippen LogP contribution in [0.3, 0.4) is 0 Å². The van der Waals surface area contributed by atoms with Crippen molar-refractivity contribution in [3.63, 3.8) is 0 Å². The first kappa shape index (κ1) is 21.3. The van der Waals surface area contributed by atoms with Crippen LogP contribution in [0.25, 0.3) is 0 Å². The van der Waals surface area contributed by atoms with Gasteiger partial charge in [0.05, 0.1) is 19.7 Å². The number of benzene rings is 3. The molecule has 7 heteroatoms. The molecule has 0 N–H and O–H groups in total. The summed E-state index contributed by atoms with van der Waals surface area (Å²) in [5, 5.41) is 1.59. The van der Waals surface area contributed by atoms with Crippen molar-refractivity contribution in [1.29, 1.82) is 0 Å². The SMILES string of the molecule is O=C1OC2CN(c3ccc(OCCOC(c4ccccc4)c4ccccc4)cc3)CCN2O1. The van der Waals surface area contributed by atoms with Crippen LogP contribution in [0.15, 0.2) is 84.9 Å². The van der Waals surface area contributed by atoms with Crippen LogP contribution in [0.1, 0.15) is 17.2 Å². The highest BCUT2D eigenvalue weighted by Gasteiger charge is 2.39. The van der Waals surface area contributed by atoms with Crippen LogP contribution in [0.5, 0.6) is 5.75 Å². The fraction of sp³-hybridized carbons (Fsp3) is 0.269. The minimum absolute atomic E-state index is 0.134. The van der Waals surface area contributed by atoms with E-state index in [0.29, 0.717) is 26.3 Å². The van der Waals surface area contributed by atoms with E-state index in [1.54, 1.807) is 5.06 Å². The molecule has 33 heavy (non-hydrogen) atoms. The lowest BCUT2D eigenvalue weighted by atomic mass is 10.0. The maximum Gasteiger partial charge on any atom is 0.529 e. The normalized spacial score (nSPS) is 18.0. The van der Waals surface area contributed by atoms with Gasteiger partial charge in [-0.2, -0.15) is 0 Å². The lowest BCUT2D eigenvalue weighted by molar-refractivity contribution is -0.109. The zero-order valence-corrected chi connectivity index (χ0v) is 18.2. The van der Waals surface area contributed by atoms with E-state index in [1.165, 1.54) is 0 Å². The summed E-state index contributed by atoms with van der Waals surface area (Å²) in [4.78, 5) is 18.5. The maximum atomic E-state index is 11.3. The summed E-state index contributed by atoms with van der Waals surface area (Å²) in [6.07, 6.45) is -1.12. The summed E-state index contributed by atoms with van der Waals surface area (Å²) in [6, 6.07) is 28.4. The molecule has 0 bridgehead atoms. The molecular formula is C26H26N2O5. The van der Waals surface area contributed by atoms with Gasteiger partial charge >= 0.3 is 6.16 Å². The zero-order valence-electron chi connectivity index (χ0n) is 18.2. The predicted molar refractivity (Wildman–Crippen MR) is 123 cm³/mol. The molecule has 7 nitrogen and oxygen atoms in total. The summed E-state index contributed by atoms with van der Waals surface area (Å²) in [7, 11) is 0. The fourth-order valence-corrected chi connectivity index (χ4v) is 4.12. The third-order valence-electron chi connectivity index (χ3n) is 5.76. The van der Waals surface area contributed by atoms with E-state index in [9.17, 15) is 4.79 Å². The Kier molecular flexibility index (Phi) is 6.41. The molecule has 1 atom stereocenters. The lowest BCUT2D eigenvalue weighted by Gasteiger charge is -2.34. The summed E-state index contributed by atoms with van der Waals surface area (Å²) < 4.78 is 17.3. The van der Waals surface area contributed by atoms with Gasteiger partial charge < -0.3 is 23.9 Å². The Morgan fingerprint density at radius 1 is 0.848 bits per heavy atom. The van der Waals surface area contributed by atoms with Crippen LogP contribution in [0, 0.1) is 0 Å². The highest BCUT2D eigenvalue weighted by molar-refractivity contribution is 5.61. The van der Waals surface area contributed by atoms with Gasteiger partial charge in [-0.15, -0.1) is 0 Å². The molecule has 2 aliphatic heterocycles. The van der Waals surface area contributed by atoms with Crippen LogP contribution in [-0.2, 0) is 14.3 Å². The smallest absolute Gasteiger partial charge is 0.491 e. The Morgan fingerprint density at radius 2 is 1.52 bits per heavy atom. The number of hydrogen-bond acceptors (Lipinski definition) is 7. The summed E-state index contributed by atoms with van der Waals surface area (Å²) in [5.41, 5.74) is 3.28. The van der Waals surface area contributed by atoms with E-state index in [2.05, 4.69) is 29.2 Å². The van der Waals surface area contributed by atoms with Gasteiger partial charge in [-0.05, 0) is 35.4 Å². The monoisotopic (exact) mass is 446 g/mol. The van der Waals surface area contributed by atoms with Gasteiger partial charge in [-0.1, -0.05) is 65.7 Å². The summed E-state index contributed by atoms with van der Waals surface area (Å²) >= 11 is 0. The van der Waals surface area contributed by atoms with E-state index < -0.39 is 6.16 Å². The van der Waals surface area contributed by atoms with Crippen LogP contribution >= 0.6 is 0 Å². The second-order valence-corrected chi connectivity index (χ2v) is 7.92.